The lowest BCUT2D eigenvalue weighted by molar-refractivity contribution is 0.202. The minimum atomic E-state index is -5.17. The molecule has 6 nitrogen and oxygen atoms in total. The van der Waals surface area contributed by atoms with Crippen LogP contribution in [-0.4, -0.2) is 30.0 Å². The number of hydrogen-bond donors (Lipinski definition) is 0. The molecule has 2 aromatic rings. The van der Waals surface area contributed by atoms with Gasteiger partial charge in [0, 0.05) is 11.1 Å². The summed E-state index contributed by atoms with van der Waals surface area (Å²) in [6.45, 7) is 8.62. The van der Waals surface area contributed by atoms with Gasteiger partial charge >= 0.3 is 20.2 Å². The second-order valence-corrected chi connectivity index (χ2v) is 15.1. The second-order valence-electron chi connectivity index (χ2n) is 10.3. The standard InChI is InChI=1S/C22H24Br2F4O6S2/c1-21(2,3)9-33-35(29,30)19-15(13(25)7-11(23)17(19)27)16-14(26)8-12(24)18(28)20(16)36(31,32)34-10-22(4,5)6/h7-8H,9-10H2,1-6H3. The molecule has 0 atom stereocenters. The van der Waals surface area contributed by atoms with Crippen LogP contribution in [0.3, 0.4) is 0 Å². The molecule has 0 heterocycles. The molecule has 0 unspecified atom stereocenters. The van der Waals surface area contributed by atoms with E-state index < -0.39 is 97.4 Å². The van der Waals surface area contributed by atoms with Crippen LogP contribution < -0.4 is 0 Å². The first kappa shape index (κ1) is 31.2. The molecule has 2 rings (SSSR count). The summed E-state index contributed by atoms with van der Waals surface area (Å²) < 4.78 is 121. The smallest absolute Gasteiger partial charge is 0.266 e. The van der Waals surface area contributed by atoms with Gasteiger partial charge in [0.25, 0.3) is 0 Å². The van der Waals surface area contributed by atoms with Crippen LogP contribution >= 0.6 is 31.9 Å². The lowest BCUT2D eigenvalue weighted by atomic mass is 9.99. The number of halogens is 6. The average molecular weight is 684 g/mol. The molecule has 0 amide bonds. The summed E-state index contributed by atoms with van der Waals surface area (Å²) in [4.78, 5) is -3.02. The summed E-state index contributed by atoms with van der Waals surface area (Å²) in [6, 6.07) is 0.915. The Labute approximate surface area is 224 Å². The van der Waals surface area contributed by atoms with Gasteiger partial charge < -0.3 is 0 Å². The monoisotopic (exact) mass is 682 g/mol. The first-order valence-corrected chi connectivity index (χ1v) is 14.6. The zero-order chi connectivity index (χ0) is 28.0. The zero-order valence-corrected chi connectivity index (χ0v) is 24.9. The summed E-state index contributed by atoms with van der Waals surface area (Å²) in [7, 11) is -10.3. The molecular weight excluding hydrogens is 660 g/mol. The number of benzene rings is 2. The lowest BCUT2D eigenvalue weighted by Gasteiger charge is -2.22. The van der Waals surface area contributed by atoms with Gasteiger partial charge in [0.05, 0.1) is 22.2 Å². The van der Waals surface area contributed by atoms with Crippen LogP contribution in [0.1, 0.15) is 41.5 Å². The van der Waals surface area contributed by atoms with Gasteiger partial charge in [0.1, 0.15) is 21.4 Å². The van der Waals surface area contributed by atoms with Crippen LogP contribution in [0.5, 0.6) is 0 Å². The van der Waals surface area contributed by atoms with Crippen molar-refractivity contribution < 1.29 is 42.8 Å². The molecule has 14 heteroatoms. The average Bonchev–Trinajstić information content (AvgIpc) is 2.69. The Balaban J connectivity index is 3.02. The molecule has 0 saturated carbocycles. The molecule has 0 radical (unpaired) electrons. The maximum absolute atomic E-state index is 15.3. The van der Waals surface area contributed by atoms with Crippen LogP contribution in [-0.2, 0) is 28.6 Å². The van der Waals surface area contributed by atoms with Gasteiger partial charge in [-0.05, 0) is 54.8 Å². The first-order valence-electron chi connectivity index (χ1n) is 10.2. The Morgan fingerprint density at radius 3 is 1.19 bits per heavy atom. The van der Waals surface area contributed by atoms with Crippen molar-refractivity contribution in [2.24, 2.45) is 10.8 Å². The van der Waals surface area contributed by atoms with Crippen molar-refractivity contribution in [3.8, 4) is 11.1 Å². The molecule has 0 spiro atoms. The molecule has 0 fully saturated rings. The van der Waals surface area contributed by atoms with Crippen LogP contribution in [0.15, 0.2) is 30.9 Å². The highest BCUT2D eigenvalue weighted by atomic mass is 79.9. The lowest BCUT2D eigenvalue weighted by Crippen LogP contribution is -2.22. The zero-order valence-electron chi connectivity index (χ0n) is 20.1. The maximum atomic E-state index is 15.3. The highest BCUT2D eigenvalue weighted by Crippen LogP contribution is 2.44. The van der Waals surface area contributed by atoms with Crippen molar-refractivity contribution in [2.45, 2.75) is 51.3 Å². The normalized spacial score (nSPS) is 13.3. The summed E-state index contributed by atoms with van der Waals surface area (Å²) >= 11 is 5.37. The van der Waals surface area contributed by atoms with E-state index in [1.807, 2.05) is 0 Å². The Bertz CT molecular complexity index is 1290. The largest absolute Gasteiger partial charge is 0.300 e. The van der Waals surface area contributed by atoms with E-state index in [1.165, 1.54) is 0 Å². The molecule has 0 aromatic heterocycles. The molecule has 0 aliphatic rings. The number of rotatable bonds is 7. The predicted molar refractivity (Wildman–Crippen MR) is 132 cm³/mol. The van der Waals surface area contributed by atoms with E-state index in [0.717, 1.165) is 0 Å². The minimum Gasteiger partial charge on any atom is -0.266 e. The molecule has 0 N–H and O–H groups in total. The fourth-order valence-electron chi connectivity index (χ4n) is 2.71. The van der Waals surface area contributed by atoms with Gasteiger partial charge in [-0.2, -0.15) is 16.8 Å². The van der Waals surface area contributed by atoms with E-state index in [4.69, 9.17) is 8.37 Å². The summed E-state index contributed by atoms with van der Waals surface area (Å²) in [5, 5.41) is 0. The van der Waals surface area contributed by atoms with E-state index in [2.05, 4.69) is 31.9 Å². The SMILES string of the molecule is CC(C)(C)COS(=O)(=O)c1c(F)c(Br)cc(F)c1-c1c(F)cc(Br)c(F)c1S(=O)(=O)OCC(C)(C)C. The topological polar surface area (TPSA) is 86.7 Å². The molecule has 0 saturated heterocycles. The fraction of sp³-hybridized carbons (Fsp3) is 0.455. The summed E-state index contributed by atoms with van der Waals surface area (Å²) in [6.07, 6.45) is 0. The van der Waals surface area contributed by atoms with Crippen LogP contribution in [0.2, 0.25) is 0 Å². The molecule has 36 heavy (non-hydrogen) atoms. The van der Waals surface area contributed by atoms with Crippen molar-refractivity contribution >= 4 is 52.1 Å². The van der Waals surface area contributed by atoms with Gasteiger partial charge in [-0.1, -0.05) is 41.5 Å². The van der Waals surface area contributed by atoms with Gasteiger partial charge in [-0.15, -0.1) is 0 Å². The van der Waals surface area contributed by atoms with Crippen molar-refractivity contribution in [1.29, 1.82) is 0 Å². The summed E-state index contributed by atoms with van der Waals surface area (Å²) in [5.74, 6) is -6.31. The summed E-state index contributed by atoms with van der Waals surface area (Å²) in [5.41, 5.74) is -4.24. The molecular formula is C22H24Br2F4O6S2. The van der Waals surface area contributed by atoms with E-state index in [9.17, 15) is 16.8 Å². The first-order chi connectivity index (χ1) is 16.1. The third kappa shape index (κ3) is 7.07. The van der Waals surface area contributed by atoms with Crippen molar-refractivity contribution in [3.05, 3.63) is 44.3 Å². The van der Waals surface area contributed by atoms with Gasteiger partial charge in [0.2, 0.25) is 0 Å². The van der Waals surface area contributed by atoms with Crippen LogP contribution in [0.4, 0.5) is 17.6 Å². The van der Waals surface area contributed by atoms with Crippen LogP contribution in [0.25, 0.3) is 11.1 Å². The van der Waals surface area contributed by atoms with Gasteiger partial charge in [-0.3, -0.25) is 8.37 Å². The Hall–Kier alpha value is -1.06. The maximum Gasteiger partial charge on any atom is 0.300 e. The third-order valence-electron chi connectivity index (χ3n) is 4.30. The Morgan fingerprint density at radius 1 is 0.667 bits per heavy atom. The molecule has 202 valence electrons. The van der Waals surface area contributed by atoms with Crippen LogP contribution in [0, 0.1) is 34.1 Å². The molecule has 2 aromatic carbocycles. The Morgan fingerprint density at radius 2 is 0.944 bits per heavy atom. The van der Waals surface area contributed by atoms with E-state index in [1.54, 1.807) is 41.5 Å². The minimum absolute atomic E-state index is 0.458. The second kappa shape index (κ2) is 10.6. The van der Waals surface area contributed by atoms with Gasteiger partial charge in [-0.25, -0.2) is 17.6 Å². The van der Waals surface area contributed by atoms with Crippen molar-refractivity contribution in [1.82, 2.24) is 0 Å². The van der Waals surface area contributed by atoms with Crippen molar-refractivity contribution in [2.75, 3.05) is 13.2 Å². The highest BCUT2D eigenvalue weighted by molar-refractivity contribution is 9.10. The third-order valence-corrected chi connectivity index (χ3v) is 8.08. The quantitative estimate of drug-likeness (QED) is 0.179. The number of hydrogen-bond acceptors (Lipinski definition) is 6. The molecule has 0 bridgehead atoms. The Kier molecular flexibility index (Phi) is 9.18. The van der Waals surface area contributed by atoms with E-state index in [0.29, 0.717) is 12.1 Å². The predicted octanol–water partition coefficient (Wildman–Crippen LogP) is 6.94. The van der Waals surface area contributed by atoms with Crippen molar-refractivity contribution in [3.63, 3.8) is 0 Å². The fourth-order valence-corrected chi connectivity index (χ4v) is 6.58. The van der Waals surface area contributed by atoms with E-state index >= 15 is 17.6 Å². The van der Waals surface area contributed by atoms with Gasteiger partial charge in [0.15, 0.2) is 11.6 Å². The van der Waals surface area contributed by atoms with E-state index in [-0.39, 0.29) is 0 Å². The highest BCUT2D eigenvalue weighted by Gasteiger charge is 2.38. The molecule has 0 aliphatic heterocycles. The molecule has 0 aliphatic carbocycles.